The normalized spacial score (nSPS) is 24.9. The number of pyridine rings is 1. The van der Waals surface area contributed by atoms with Gasteiger partial charge >= 0.3 is 0 Å². The fourth-order valence-corrected chi connectivity index (χ4v) is 3.16. The topological polar surface area (TPSA) is 80.5 Å². The first kappa shape index (κ1) is 14.0. The summed E-state index contributed by atoms with van der Waals surface area (Å²) in [4.78, 5) is 18.6. The van der Waals surface area contributed by atoms with Crippen molar-refractivity contribution in [3.63, 3.8) is 0 Å². The molecule has 1 aromatic heterocycles. The minimum absolute atomic E-state index is 0.0267. The van der Waals surface area contributed by atoms with Gasteiger partial charge in [-0.15, -0.1) is 0 Å². The monoisotopic (exact) mass is 290 g/mol. The molecule has 0 spiro atoms. The highest BCUT2D eigenvalue weighted by molar-refractivity contribution is 5.83. The van der Waals surface area contributed by atoms with Gasteiger partial charge in [0.2, 0.25) is 11.8 Å². The Morgan fingerprint density at radius 3 is 3.05 bits per heavy atom. The summed E-state index contributed by atoms with van der Waals surface area (Å²) in [6.07, 6.45) is 1.98. The summed E-state index contributed by atoms with van der Waals surface area (Å²) in [5, 5.41) is 2.96. The zero-order chi connectivity index (χ0) is 15.0. The molecule has 2 aliphatic rings. The summed E-state index contributed by atoms with van der Waals surface area (Å²) in [6.45, 7) is 5.50. The second kappa shape index (κ2) is 5.42. The maximum absolute atomic E-state index is 11.8. The standard InChI is InChI=1S/C15H22N4O2/c1-9(2)21-15-11(16)5-6-13(18-15)19-7-3-4-10-12(19)8-17-14(10)20/h5-6,9-10,12H,3-4,7-8,16H2,1-2H3,(H,17,20). The highest BCUT2D eigenvalue weighted by atomic mass is 16.5. The Labute approximate surface area is 124 Å². The van der Waals surface area contributed by atoms with Crippen LogP contribution in [-0.4, -0.2) is 36.1 Å². The van der Waals surface area contributed by atoms with Crippen LogP contribution in [0.1, 0.15) is 26.7 Å². The van der Waals surface area contributed by atoms with E-state index in [1.54, 1.807) is 0 Å². The maximum atomic E-state index is 11.8. The van der Waals surface area contributed by atoms with Crippen LogP contribution >= 0.6 is 0 Å². The number of hydrogen-bond donors (Lipinski definition) is 2. The van der Waals surface area contributed by atoms with Crippen molar-refractivity contribution in [3.8, 4) is 5.88 Å². The average molecular weight is 290 g/mol. The van der Waals surface area contributed by atoms with Crippen molar-refractivity contribution < 1.29 is 9.53 Å². The largest absolute Gasteiger partial charge is 0.473 e. The molecule has 0 radical (unpaired) electrons. The molecular weight excluding hydrogens is 268 g/mol. The lowest BCUT2D eigenvalue weighted by molar-refractivity contribution is -0.122. The van der Waals surface area contributed by atoms with Crippen molar-refractivity contribution in [3.05, 3.63) is 12.1 Å². The number of piperidine rings is 1. The van der Waals surface area contributed by atoms with Crippen molar-refractivity contribution in [1.82, 2.24) is 10.3 Å². The van der Waals surface area contributed by atoms with Crippen molar-refractivity contribution in [2.75, 3.05) is 23.7 Å². The molecule has 0 saturated carbocycles. The summed E-state index contributed by atoms with van der Waals surface area (Å²) >= 11 is 0. The van der Waals surface area contributed by atoms with Gasteiger partial charge in [0, 0.05) is 13.1 Å². The average Bonchev–Trinajstić information content (AvgIpc) is 2.83. The molecule has 114 valence electrons. The van der Waals surface area contributed by atoms with Crippen LogP contribution in [0.15, 0.2) is 12.1 Å². The number of carbonyl (C=O) groups excluding carboxylic acids is 1. The van der Waals surface area contributed by atoms with Gasteiger partial charge in [-0.1, -0.05) is 0 Å². The van der Waals surface area contributed by atoms with E-state index in [0.717, 1.165) is 25.2 Å². The lowest BCUT2D eigenvalue weighted by Gasteiger charge is -2.37. The van der Waals surface area contributed by atoms with Gasteiger partial charge in [0.1, 0.15) is 5.82 Å². The number of amides is 1. The molecule has 2 aliphatic heterocycles. The third kappa shape index (κ3) is 2.62. The molecule has 0 aliphatic carbocycles. The van der Waals surface area contributed by atoms with Gasteiger partial charge in [-0.3, -0.25) is 4.79 Å². The minimum Gasteiger partial charge on any atom is -0.473 e. The Kier molecular flexibility index (Phi) is 3.61. The van der Waals surface area contributed by atoms with E-state index in [0.29, 0.717) is 18.1 Å². The Morgan fingerprint density at radius 2 is 2.29 bits per heavy atom. The molecule has 1 amide bonds. The van der Waals surface area contributed by atoms with E-state index in [2.05, 4.69) is 15.2 Å². The number of anilines is 2. The van der Waals surface area contributed by atoms with Crippen molar-refractivity contribution >= 4 is 17.4 Å². The number of carbonyl (C=O) groups is 1. The van der Waals surface area contributed by atoms with Gasteiger partial charge in [-0.25, -0.2) is 0 Å². The number of nitrogens with one attached hydrogen (secondary N) is 1. The zero-order valence-corrected chi connectivity index (χ0v) is 12.5. The molecule has 0 aromatic carbocycles. The molecule has 1 aromatic rings. The Morgan fingerprint density at radius 1 is 1.48 bits per heavy atom. The molecule has 6 nitrogen and oxygen atoms in total. The third-order valence-electron chi connectivity index (χ3n) is 4.12. The predicted molar refractivity (Wildman–Crippen MR) is 81.3 cm³/mol. The number of fused-ring (bicyclic) bond motifs is 1. The van der Waals surface area contributed by atoms with Crippen LogP contribution in [0.5, 0.6) is 5.88 Å². The number of aromatic nitrogens is 1. The SMILES string of the molecule is CC(C)Oc1nc(N2CCCC3C(=O)NCC32)ccc1N. The molecule has 6 heteroatoms. The van der Waals surface area contributed by atoms with Crippen LogP contribution in [0.3, 0.4) is 0 Å². The first-order valence-corrected chi connectivity index (χ1v) is 7.54. The molecule has 3 rings (SSSR count). The van der Waals surface area contributed by atoms with Crippen LogP contribution in [0.2, 0.25) is 0 Å². The number of rotatable bonds is 3. The fraction of sp³-hybridized carbons (Fsp3) is 0.600. The van der Waals surface area contributed by atoms with Gasteiger partial charge in [-0.05, 0) is 38.8 Å². The van der Waals surface area contributed by atoms with Crippen molar-refractivity contribution in [2.24, 2.45) is 5.92 Å². The highest BCUT2D eigenvalue weighted by Gasteiger charge is 2.41. The molecule has 3 heterocycles. The maximum Gasteiger partial charge on any atom is 0.239 e. The molecule has 2 unspecified atom stereocenters. The Hall–Kier alpha value is -1.98. The molecule has 2 saturated heterocycles. The summed E-state index contributed by atoms with van der Waals surface area (Å²) in [6, 6.07) is 3.93. The first-order chi connectivity index (χ1) is 10.1. The van der Waals surface area contributed by atoms with Gasteiger partial charge in [0.25, 0.3) is 0 Å². The number of nitrogens with two attached hydrogens (primary N) is 1. The fourth-order valence-electron chi connectivity index (χ4n) is 3.16. The van der Waals surface area contributed by atoms with E-state index in [-0.39, 0.29) is 24.0 Å². The van der Waals surface area contributed by atoms with Crippen LogP contribution in [0, 0.1) is 5.92 Å². The van der Waals surface area contributed by atoms with E-state index in [4.69, 9.17) is 10.5 Å². The van der Waals surface area contributed by atoms with E-state index < -0.39 is 0 Å². The van der Waals surface area contributed by atoms with Crippen LogP contribution in [-0.2, 0) is 4.79 Å². The zero-order valence-electron chi connectivity index (χ0n) is 12.5. The van der Waals surface area contributed by atoms with Gasteiger partial charge < -0.3 is 20.7 Å². The summed E-state index contributed by atoms with van der Waals surface area (Å²) in [5.74, 6) is 1.55. The second-order valence-electron chi connectivity index (χ2n) is 5.99. The third-order valence-corrected chi connectivity index (χ3v) is 4.12. The van der Waals surface area contributed by atoms with E-state index in [1.165, 1.54) is 0 Å². The number of ether oxygens (including phenoxy) is 1. The second-order valence-corrected chi connectivity index (χ2v) is 5.99. The Bertz CT molecular complexity index is 546. The van der Waals surface area contributed by atoms with E-state index in [9.17, 15) is 4.79 Å². The Balaban J connectivity index is 1.87. The van der Waals surface area contributed by atoms with Gasteiger partial charge in [-0.2, -0.15) is 4.98 Å². The number of nitrogen functional groups attached to an aromatic ring is 1. The predicted octanol–water partition coefficient (Wildman–Crippen LogP) is 1.17. The lowest BCUT2D eigenvalue weighted by Crippen LogP contribution is -2.46. The molecule has 2 atom stereocenters. The molecule has 3 N–H and O–H groups in total. The smallest absolute Gasteiger partial charge is 0.239 e. The number of nitrogens with zero attached hydrogens (tertiary/aromatic N) is 2. The molecular formula is C15H22N4O2. The van der Waals surface area contributed by atoms with E-state index >= 15 is 0 Å². The number of hydrogen-bond acceptors (Lipinski definition) is 5. The van der Waals surface area contributed by atoms with Crippen LogP contribution < -0.4 is 20.7 Å². The van der Waals surface area contributed by atoms with Crippen molar-refractivity contribution in [1.29, 1.82) is 0 Å². The van der Waals surface area contributed by atoms with Crippen LogP contribution in [0.25, 0.3) is 0 Å². The van der Waals surface area contributed by atoms with E-state index in [1.807, 2.05) is 26.0 Å². The lowest BCUT2D eigenvalue weighted by atomic mass is 9.91. The van der Waals surface area contributed by atoms with Crippen LogP contribution in [0.4, 0.5) is 11.5 Å². The van der Waals surface area contributed by atoms with Gasteiger partial charge in [0.05, 0.1) is 23.8 Å². The molecule has 21 heavy (non-hydrogen) atoms. The quantitative estimate of drug-likeness (QED) is 0.873. The summed E-state index contributed by atoms with van der Waals surface area (Å²) in [5.41, 5.74) is 6.47. The molecule has 0 bridgehead atoms. The summed E-state index contributed by atoms with van der Waals surface area (Å²) < 4.78 is 5.66. The van der Waals surface area contributed by atoms with Crippen molar-refractivity contribution in [2.45, 2.75) is 38.8 Å². The highest BCUT2D eigenvalue weighted by Crippen LogP contribution is 2.32. The first-order valence-electron chi connectivity index (χ1n) is 7.54. The molecule has 2 fully saturated rings. The minimum atomic E-state index is 0.0267. The summed E-state index contributed by atoms with van der Waals surface area (Å²) in [7, 11) is 0. The van der Waals surface area contributed by atoms with Gasteiger partial charge in [0.15, 0.2) is 0 Å².